The Bertz CT molecular complexity index is 1310. The third kappa shape index (κ3) is 7.27. The second kappa shape index (κ2) is 11.6. The molecule has 1 atom stereocenters. The minimum atomic E-state index is -4.59. The number of alkyl halides is 6. The van der Waals surface area contributed by atoms with E-state index < -0.39 is 29.6 Å². The number of hydrogen-bond donors (Lipinski definition) is 2. The molecule has 0 radical (unpaired) electrons. The summed E-state index contributed by atoms with van der Waals surface area (Å²) >= 11 is 0. The Morgan fingerprint density at radius 1 is 0.974 bits per heavy atom. The molecule has 0 aliphatic carbocycles. The van der Waals surface area contributed by atoms with Crippen molar-refractivity contribution >= 4 is 17.2 Å². The van der Waals surface area contributed by atoms with Gasteiger partial charge in [0.2, 0.25) is 0 Å². The first-order chi connectivity index (χ1) is 18.4. The Labute approximate surface area is 221 Å². The van der Waals surface area contributed by atoms with Crippen molar-refractivity contribution in [3.63, 3.8) is 0 Å². The molecule has 1 aliphatic heterocycles. The molecule has 1 unspecified atom stereocenters. The van der Waals surface area contributed by atoms with Crippen LogP contribution in [0.2, 0.25) is 0 Å². The third-order valence-corrected chi connectivity index (χ3v) is 5.91. The van der Waals surface area contributed by atoms with Gasteiger partial charge in [0, 0.05) is 35.3 Å². The molecule has 2 N–H and O–H groups in total. The van der Waals surface area contributed by atoms with Gasteiger partial charge in [0.25, 0.3) is 0 Å². The Morgan fingerprint density at radius 3 is 2.38 bits per heavy atom. The Morgan fingerprint density at radius 2 is 1.72 bits per heavy atom. The molecule has 2 heterocycles. The van der Waals surface area contributed by atoms with Crippen LogP contribution in [0, 0.1) is 0 Å². The monoisotopic (exact) mass is 551 g/mol. The molecular formula is C27H27F6N5O. The fraction of sp³-hybridized carbons (Fsp3) is 0.333. The van der Waals surface area contributed by atoms with E-state index >= 15 is 0 Å². The summed E-state index contributed by atoms with van der Waals surface area (Å²) in [4.78, 5) is 10.6. The first kappa shape index (κ1) is 28.4. The van der Waals surface area contributed by atoms with Crippen LogP contribution in [0.1, 0.15) is 23.1 Å². The van der Waals surface area contributed by atoms with E-state index in [-0.39, 0.29) is 17.9 Å². The van der Waals surface area contributed by atoms with E-state index in [0.29, 0.717) is 29.4 Å². The number of rotatable bonds is 8. The number of nitrogens with one attached hydrogen (secondary N) is 2. The second-order valence-corrected chi connectivity index (χ2v) is 9.23. The van der Waals surface area contributed by atoms with E-state index in [0.717, 1.165) is 31.2 Å². The van der Waals surface area contributed by atoms with Gasteiger partial charge in [-0.15, -0.1) is 0 Å². The first-order valence-corrected chi connectivity index (χ1v) is 12.1. The Balaban J connectivity index is 1.63. The number of ether oxygens (including phenoxy) is 1. The lowest BCUT2D eigenvalue weighted by Crippen LogP contribution is -2.33. The number of pyridine rings is 1. The van der Waals surface area contributed by atoms with E-state index in [2.05, 4.69) is 20.6 Å². The molecule has 208 valence electrons. The number of aromatic nitrogens is 1. The van der Waals surface area contributed by atoms with Gasteiger partial charge in [-0.1, -0.05) is 6.07 Å². The molecule has 12 heteroatoms. The molecule has 4 rings (SSSR count). The maximum absolute atomic E-state index is 13.6. The summed E-state index contributed by atoms with van der Waals surface area (Å²) in [6, 6.07) is 11.3. The number of hydrogen-bond acceptors (Lipinski definition) is 6. The Hall–Kier alpha value is -3.64. The van der Waals surface area contributed by atoms with Gasteiger partial charge in [-0.3, -0.25) is 4.98 Å². The normalized spacial score (nSPS) is 15.5. The topological polar surface area (TPSA) is 61.8 Å². The van der Waals surface area contributed by atoms with Crippen LogP contribution >= 0.6 is 0 Å². The number of fused-ring (bicyclic) bond motifs is 1. The summed E-state index contributed by atoms with van der Waals surface area (Å²) in [6.45, 7) is 1.48. The largest absolute Gasteiger partial charge is 0.418 e. The van der Waals surface area contributed by atoms with E-state index in [1.807, 2.05) is 19.0 Å². The molecule has 0 fully saturated rings. The van der Waals surface area contributed by atoms with Crippen LogP contribution in [-0.4, -0.2) is 55.7 Å². The predicted molar refractivity (Wildman–Crippen MR) is 138 cm³/mol. The van der Waals surface area contributed by atoms with Crippen molar-refractivity contribution in [2.75, 3.05) is 44.5 Å². The molecule has 1 aromatic heterocycles. The van der Waals surface area contributed by atoms with E-state index in [1.165, 1.54) is 30.5 Å². The molecule has 0 saturated carbocycles. The molecule has 39 heavy (non-hydrogen) atoms. The lowest BCUT2D eigenvalue weighted by Gasteiger charge is -2.27. The fourth-order valence-corrected chi connectivity index (χ4v) is 4.05. The summed E-state index contributed by atoms with van der Waals surface area (Å²) in [7, 11) is 3.90. The maximum atomic E-state index is 13.6. The van der Waals surface area contributed by atoms with Crippen molar-refractivity contribution in [1.82, 2.24) is 9.88 Å². The van der Waals surface area contributed by atoms with Gasteiger partial charge in [0.15, 0.2) is 0 Å². The van der Waals surface area contributed by atoms with E-state index in [1.54, 1.807) is 12.1 Å². The second-order valence-electron chi connectivity index (χ2n) is 9.23. The minimum Gasteiger partial charge on any atom is -0.377 e. The number of aliphatic imine (C=N–C) groups is 1. The predicted octanol–water partition coefficient (Wildman–Crippen LogP) is 6.36. The first-order valence-electron chi connectivity index (χ1n) is 12.1. The molecule has 0 amide bonds. The van der Waals surface area contributed by atoms with Gasteiger partial charge in [-0.25, -0.2) is 4.99 Å². The van der Waals surface area contributed by atoms with Gasteiger partial charge in [-0.2, -0.15) is 26.3 Å². The zero-order chi connectivity index (χ0) is 28.2. The van der Waals surface area contributed by atoms with Crippen LogP contribution in [0.5, 0.6) is 0 Å². The smallest absolute Gasteiger partial charge is 0.377 e. The van der Waals surface area contributed by atoms with Crippen LogP contribution in [0.3, 0.4) is 0 Å². The number of benzene rings is 2. The molecular weight excluding hydrogens is 524 g/mol. The number of anilines is 2. The fourth-order valence-electron chi connectivity index (χ4n) is 4.05. The van der Waals surface area contributed by atoms with Crippen LogP contribution in [0.4, 0.5) is 37.7 Å². The maximum Gasteiger partial charge on any atom is 0.418 e. The van der Waals surface area contributed by atoms with E-state index in [9.17, 15) is 26.3 Å². The number of amidine groups is 1. The average molecular weight is 552 g/mol. The van der Waals surface area contributed by atoms with Crippen molar-refractivity contribution in [2.45, 2.75) is 24.9 Å². The zero-order valence-electron chi connectivity index (χ0n) is 21.2. The van der Waals surface area contributed by atoms with Crippen molar-refractivity contribution in [1.29, 1.82) is 0 Å². The summed E-state index contributed by atoms with van der Waals surface area (Å²) in [5, 5.41) is 6.23. The molecule has 0 spiro atoms. The third-order valence-electron chi connectivity index (χ3n) is 5.91. The molecule has 0 bridgehead atoms. The zero-order valence-corrected chi connectivity index (χ0v) is 21.2. The summed E-state index contributed by atoms with van der Waals surface area (Å²) in [6.07, 6.45) is -7.56. The van der Waals surface area contributed by atoms with Gasteiger partial charge in [0.05, 0.1) is 23.4 Å². The molecule has 2 aromatic carbocycles. The van der Waals surface area contributed by atoms with Crippen molar-refractivity contribution in [2.24, 2.45) is 4.99 Å². The summed E-state index contributed by atoms with van der Waals surface area (Å²) in [5.74, 6) is 0.342. The quantitative estimate of drug-likeness (QED) is 0.252. The van der Waals surface area contributed by atoms with Gasteiger partial charge >= 0.3 is 12.4 Å². The highest BCUT2D eigenvalue weighted by Crippen LogP contribution is 2.37. The highest BCUT2D eigenvalue weighted by Gasteiger charge is 2.35. The van der Waals surface area contributed by atoms with E-state index in [4.69, 9.17) is 4.74 Å². The SMILES string of the molecule is CN(C)CCCOCC1N=C(Nc2ccc(C(F)(F)F)cc2)c2ccc(-c3ncccc3C(F)(F)F)cc2N1. The number of halogens is 6. The van der Waals surface area contributed by atoms with Crippen molar-refractivity contribution in [3.8, 4) is 11.3 Å². The minimum absolute atomic E-state index is 0.173. The Kier molecular flexibility index (Phi) is 8.45. The molecule has 3 aromatic rings. The lowest BCUT2D eigenvalue weighted by molar-refractivity contribution is -0.138. The summed E-state index contributed by atoms with van der Waals surface area (Å²) in [5.41, 5.74) is -0.233. The highest BCUT2D eigenvalue weighted by molar-refractivity contribution is 6.13. The van der Waals surface area contributed by atoms with Crippen LogP contribution in [-0.2, 0) is 17.1 Å². The molecule has 1 aliphatic rings. The van der Waals surface area contributed by atoms with Crippen LogP contribution in [0.15, 0.2) is 65.8 Å². The highest BCUT2D eigenvalue weighted by atomic mass is 19.4. The molecule has 0 saturated heterocycles. The van der Waals surface area contributed by atoms with Crippen LogP contribution < -0.4 is 10.6 Å². The lowest BCUT2D eigenvalue weighted by atomic mass is 10.0. The molecule has 6 nitrogen and oxygen atoms in total. The summed E-state index contributed by atoms with van der Waals surface area (Å²) < 4.78 is 85.6. The standard InChI is InChI=1S/C27H27F6N5O/c1-38(2)13-4-14-39-16-23-36-22-15-17(24-21(27(31,32)33)5-3-12-34-24)6-11-20(22)25(37-23)35-19-9-7-18(8-10-19)26(28,29)30/h3,5-12,15,23,36H,4,13-14,16H2,1-2H3,(H,35,37). The van der Waals surface area contributed by atoms with Crippen molar-refractivity contribution < 1.29 is 31.1 Å². The van der Waals surface area contributed by atoms with Crippen LogP contribution in [0.25, 0.3) is 11.3 Å². The number of nitrogens with zero attached hydrogens (tertiary/aromatic N) is 3. The van der Waals surface area contributed by atoms with Crippen molar-refractivity contribution in [3.05, 3.63) is 77.5 Å². The van der Waals surface area contributed by atoms with Gasteiger partial charge in [0.1, 0.15) is 12.0 Å². The average Bonchev–Trinajstić information content (AvgIpc) is 2.87. The van der Waals surface area contributed by atoms with Gasteiger partial charge < -0.3 is 20.3 Å². The van der Waals surface area contributed by atoms with Gasteiger partial charge in [-0.05, 0) is 75.6 Å².